The molecule has 0 bridgehead atoms. The van der Waals surface area contributed by atoms with Crippen molar-refractivity contribution in [1.82, 2.24) is 4.31 Å². The van der Waals surface area contributed by atoms with Crippen LogP contribution in [0.4, 0.5) is 0 Å². The molecule has 0 aromatic rings. The zero-order valence-corrected chi connectivity index (χ0v) is 11.4. The van der Waals surface area contributed by atoms with E-state index in [9.17, 15) is 8.42 Å². The fourth-order valence-corrected chi connectivity index (χ4v) is 3.88. The molecule has 0 radical (unpaired) electrons. The van der Waals surface area contributed by atoms with Crippen molar-refractivity contribution in [3.63, 3.8) is 0 Å². The van der Waals surface area contributed by atoms with E-state index in [4.69, 9.17) is 10.5 Å². The molecule has 1 rings (SSSR count). The Morgan fingerprint density at radius 3 is 2.88 bits per heavy atom. The zero-order valence-electron chi connectivity index (χ0n) is 10.6. The van der Waals surface area contributed by atoms with Crippen molar-refractivity contribution >= 4 is 10.0 Å². The molecule has 0 saturated carbocycles. The lowest BCUT2D eigenvalue weighted by atomic mass is 10.1. The van der Waals surface area contributed by atoms with Crippen LogP contribution in [0.3, 0.4) is 0 Å². The van der Waals surface area contributed by atoms with Crippen molar-refractivity contribution in [1.29, 1.82) is 0 Å². The lowest BCUT2D eigenvalue weighted by Gasteiger charge is -2.23. The van der Waals surface area contributed by atoms with Gasteiger partial charge < -0.3 is 10.5 Å². The van der Waals surface area contributed by atoms with E-state index in [1.807, 2.05) is 6.92 Å². The van der Waals surface area contributed by atoms with Gasteiger partial charge in [-0.1, -0.05) is 0 Å². The van der Waals surface area contributed by atoms with Crippen molar-refractivity contribution < 1.29 is 13.2 Å². The minimum Gasteiger partial charge on any atom is -0.381 e. The summed E-state index contributed by atoms with van der Waals surface area (Å²) in [5.41, 5.74) is 5.47. The summed E-state index contributed by atoms with van der Waals surface area (Å²) in [7, 11) is -3.14. The largest absolute Gasteiger partial charge is 0.381 e. The maximum absolute atomic E-state index is 12.1. The van der Waals surface area contributed by atoms with E-state index in [-0.39, 0.29) is 11.8 Å². The van der Waals surface area contributed by atoms with Crippen LogP contribution < -0.4 is 5.73 Å². The van der Waals surface area contributed by atoms with Crippen LogP contribution in [0.1, 0.15) is 32.6 Å². The zero-order chi connectivity index (χ0) is 12.7. The van der Waals surface area contributed by atoms with Crippen LogP contribution >= 0.6 is 0 Å². The van der Waals surface area contributed by atoms with E-state index in [0.29, 0.717) is 26.3 Å². The van der Waals surface area contributed by atoms with Gasteiger partial charge >= 0.3 is 0 Å². The highest BCUT2D eigenvalue weighted by Gasteiger charge is 2.33. The van der Waals surface area contributed by atoms with E-state index in [1.54, 1.807) is 4.31 Å². The highest BCUT2D eigenvalue weighted by atomic mass is 32.2. The summed E-state index contributed by atoms with van der Waals surface area (Å²) >= 11 is 0. The lowest BCUT2D eigenvalue weighted by Crippen LogP contribution is -2.38. The fraction of sp³-hybridized carbons (Fsp3) is 1.00. The van der Waals surface area contributed by atoms with Gasteiger partial charge in [0, 0.05) is 19.2 Å². The minimum absolute atomic E-state index is 0.0972. The van der Waals surface area contributed by atoms with Gasteiger partial charge in [0.15, 0.2) is 0 Å². The van der Waals surface area contributed by atoms with Crippen molar-refractivity contribution in [2.45, 2.75) is 38.6 Å². The molecule has 102 valence electrons. The average Bonchev–Trinajstić information content (AvgIpc) is 2.75. The number of hydrogen-bond acceptors (Lipinski definition) is 4. The van der Waals surface area contributed by atoms with Gasteiger partial charge in [-0.15, -0.1) is 0 Å². The van der Waals surface area contributed by atoms with Gasteiger partial charge in [-0.25, -0.2) is 8.42 Å². The van der Waals surface area contributed by atoms with Crippen molar-refractivity contribution in [3.8, 4) is 0 Å². The Kier molecular flexibility index (Phi) is 6.40. The third-order valence-electron chi connectivity index (χ3n) is 3.11. The van der Waals surface area contributed by atoms with Gasteiger partial charge in [0.1, 0.15) is 0 Å². The Hall–Kier alpha value is -0.170. The summed E-state index contributed by atoms with van der Waals surface area (Å²) in [6.45, 7) is 4.00. The number of ether oxygens (including phenoxy) is 1. The standard InChI is InChI=1S/C11H24N2O3S/c1-2-16-9-10-17(14,15)13-8-4-6-11(13)5-3-7-12/h11H,2-10,12H2,1H3. The number of rotatable bonds is 8. The van der Waals surface area contributed by atoms with Crippen LogP contribution in [0, 0.1) is 0 Å². The molecule has 2 N–H and O–H groups in total. The molecule has 1 aliphatic heterocycles. The maximum Gasteiger partial charge on any atom is 0.216 e. The van der Waals surface area contributed by atoms with Gasteiger partial charge in [0.2, 0.25) is 10.0 Å². The maximum atomic E-state index is 12.1. The van der Waals surface area contributed by atoms with E-state index in [0.717, 1.165) is 25.7 Å². The predicted octanol–water partition coefficient (Wildman–Crippen LogP) is 0.556. The van der Waals surface area contributed by atoms with Gasteiger partial charge in [0.05, 0.1) is 12.4 Å². The van der Waals surface area contributed by atoms with Crippen LogP contribution in [-0.4, -0.2) is 50.8 Å². The van der Waals surface area contributed by atoms with Gasteiger partial charge in [-0.3, -0.25) is 0 Å². The van der Waals surface area contributed by atoms with Crippen LogP contribution in [0.2, 0.25) is 0 Å². The van der Waals surface area contributed by atoms with Crippen molar-refractivity contribution in [2.24, 2.45) is 5.73 Å². The molecule has 17 heavy (non-hydrogen) atoms. The number of nitrogens with zero attached hydrogens (tertiary/aromatic N) is 1. The first-order chi connectivity index (χ1) is 8.11. The summed E-state index contributed by atoms with van der Waals surface area (Å²) in [4.78, 5) is 0. The van der Waals surface area contributed by atoms with Crippen LogP contribution in [0.5, 0.6) is 0 Å². The quantitative estimate of drug-likeness (QED) is 0.650. The van der Waals surface area contributed by atoms with Crippen molar-refractivity contribution in [3.05, 3.63) is 0 Å². The highest BCUT2D eigenvalue weighted by molar-refractivity contribution is 7.89. The normalized spacial score (nSPS) is 22.1. The minimum atomic E-state index is -3.14. The van der Waals surface area contributed by atoms with E-state index >= 15 is 0 Å². The van der Waals surface area contributed by atoms with E-state index < -0.39 is 10.0 Å². The number of nitrogens with two attached hydrogens (primary N) is 1. The molecule has 1 unspecified atom stereocenters. The molecule has 1 fully saturated rings. The van der Waals surface area contributed by atoms with E-state index in [1.165, 1.54) is 0 Å². The first-order valence-corrected chi connectivity index (χ1v) is 8.00. The van der Waals surface area contributed by atoms with Gasteiger partial charge in [-0.2, -0.15) is 4.31 Å². The predicted molar refractivity (Wildman–Crippen MR) is 68.3 cm³/mol. The number of sulfonamides is 1. The second-order valence-corrected chi connectivity index (χ2v) is 6.39. The Balaban J connectivity index is 2.50. The molecule has 0 amide bonds. The Bertz CT molecular complexity index is 306. The molecule has 0 aliphatic carbocycles. The Labute approximate surface area is 104 Å². The van der Waals surface area contributed by atoms with E-state index in [2.05, 4.69) is 0 Å². The smallest absolute Gasteiger partial charge is 0.216 e. The molecule has 1 aliphatic rings. The molecular formula is C11H24N2O3S. The first-order valence-electron chi connectivity index (χ1n) is 6.39. The number of hydrogen-bond donors (Lipinski definition) is 1. The highest BCUT2D eigenvalue weighted by Crippen LogP contribution is 2.24. The average molecular weight is 264 g/mol. The second-order valence-electron chi connectivity index (χ2n) is 4.35. The molecule has 6 heteroatoms. The summed E-state index contributed by atoms with van der Waals surface area (Å²) < 4.78 is 31.0. The lowest BCUT2D eigenvalue weighted by molar-refractivity contribution is 0.162. The Morgan fingerprint density at radius 2 is 2.24 bits per heavy atom. The Morgan fingerprint density at radius 1 is 1.47 bits per heavy atom. The summed E-state index contributed by atoms with van der Waals surface area (Å²) in [5, 5.41) is 0. The molecular weight excluding hydrogens is 240 g/mol. The van der Waals surface area contributed by atoms with Gasteiger partial charge in [0.25, 0.3) is 0 Å². The topological polar surface area (TPSA) is 72.6 Å². The molecule has 5 nitrogen and oxygen atoms in total. The molecule has 0 aromatic carbocycles. The summed E-state index contributed by atoms with van der Waals surface area (Å²) in [6, 6.07) is 0.158. The second kappa shape index (κ2) is 7.31. The molecule has 0 spiro atoms. The summed E-state index contributed by atoms with van der Waals surface area (Å²) in [5.74, 6) is 0.0972. The third kappa shape index (κ3) is 4.54. The molecule has 1 heterocycles. The fourth-order valence-electron chi connectivity index (χ4n) is 2.24. The van der Waals surface area contributed by atoms with Crippen molar-refractivity contribution in [2.75, 3.05) is 32.1 Å². The molecule has 0 aromatic heterocycles. The van der Waals surface area contributed by atoms with Crippen LogP contribution in [0.15, 0.2) is 0 Å². The monoisotopic (exact) mass is 264 g/mol. The van der Waals surface area contributed by atoms with Crippen LogP contribution in [0.25, 0.3) is 0 Å². The molecule has 1 atom stereocenters. The summed E-state index contributed by atoms with van der Waals surface area (Å²) in [6.07, 6.45) is 3.70. The van der Waals surface area contributed by atoms with Crippen LogP contribution in [-0.2, 0) is 14.8 Å². The SMILES string of the molecule is CCOCCS(=O)(=O)N1CCCC1CCCN. The molecule has 1 saturated heterocycles. The van der Waals surface area contributed by atoms with Gasteiger partial charge in [-0.05, 0) is 39.2 Å². The first kappa shape index (κ1) is 14.9. The third-order valence-corrected chi connectivity index (χ3v) is 4.99.